The minimum absolute atomic E-state index is 0.0262. The highest BCUT2D eigenvalue weighted by Crippen LogP contribution is 2.26. The number of primary amides is 1. The minimum atomic E-state index is -1.42. The van der Waals surface area contributed by atoms with E-state index in [1.165, 1.54) is 37.3 Å². The zero-order chi connectivity index (χ0) is 28.7. The van der Waals surface area contributed by atoms with Crippen molar-refractivity contribution in [3.05, 3.63) is 63.2 Å². The van der Waals surface area contributed by atoms with E-state index < -0.39 is 46.7 Å². The molecule has 1 aliphatic heterocycles. The van der Waals surface area contributed by atoms with Gasteiger partial charge in [-0.1, -0.05) is 6.07 Å². The van der Waals surface area contributed by atoms with Crippen LogP contribution in [0.3, 0.4) is 0 Å². The van der Waals surface area contributed by atoms with Crippen LogP contribution < -0.4 is 32.7 Å². The molecule has 0 saturated heterocycles. The van der Waals surface area contributed by atoms with E-state index in [9.17, 15) is 34.4 Å². The topological polar surface area (TPSA) is 232 Å². The number of aliphatic hydroxyl groups excluding tert-OH is 1. The number of non-ortho nitro benzene ring substituents is 1. The molecule has 1 heterocycles. The van der Waals surface area contributed by atoms with Crippen LogP contribution >= 0.6 is 0 Å². The van der Waals surface area contributed by atoms with Gasteiger partial charge in [-0.25, -0.2) is 0 Å². The quantitative estimate of drug-likeness (QED) is 0.145. The Morgan fingerprint density at radius 3 is 2.49 bits per heavy atom. The normalized spacial score (nSPS) is 18.7. The Morgan fingerprint density at radius 1 is 1.10 bits per heavy atom. The second kappa shape index (κ2) is 12.8. The number of amides is 4. The molecule has 0 unspecified atom stereocenters. The Balaban J connectivity index is 2.12. The Kier molecular flexibility index (Phi) is 9.52. The zero-order valence-corrected chi connectivity index (χ0v) is 21.2. The lowest BCUT2D eigenvalue weighted by atomic mass is 10.0. The van der Waals surface area contributed by atoms with E-state index in [4.69, 9.17) is 11.5 Å². The Bertz CT molecular complexity index is 1280. The molecule has 14 heteroatoms. The second-order valence-corrected chi connectivity index (χ2v) is 9.10. The first-order valence-corrected chi connectivity index (χ1v) is 12.3. The summed E-state index contributed by atoms with van der Waals surface area (Å²) in [4.78, 5) is 62.2. The summed E-state index contributed by atoms with van der Waals surface area (Å²) in [5.41, 5.74) is 11.5. The molecule has 3 rings (SSSR count). The van der Waals surface area contributed by atoms with Crippen molar-refractivity contribution in [1.29, 1.82) is 0 Å². The molecular formula is C25H31N7O7. The molecule has 9 N–H and O–H groups in total. The first kappa shape index (κ1) is 29.0. The number of carbonyl (C=O) groups is 4. The summed E-state index contributed by atoms with van der Waals surface area (Å²) in [5.74, 6) is -3.01. The van der Waals surface area contributed by atoms with E-state index in [0.717, 1.165) is 6.07 Å². The monoisotopic (exact) mass is 541 g/mol. The highest BCUT2D eigenvalue weighted by molar-refractivity contribution is 6.04. The SMILES string of the molecule is C[C@@H](O)[C@@H]1NC(=O)[C@H](CCCCN)NC(=O)c2cc([N+](=O)[O-])ccc2NCc2ccc(C(N)=O)cc2NC1=O. The molecular weight excluding hydrogens is 510 g/mol. The average Bonchev–Trinajstić information content (AvgIpc) is 2.89. The number of benzene rings is 2. The fourth-order valence-electron chi connectivity index (χ4n) is 4.05. The van der Waals surface area contributed by atoms with Gasteiger partial charge in [0.15, 0.2) is 0 Å². The van der Waals surface area contributed by atoms with Crippen molar-refractivity contribution in [3.63, 3.8) is 0 Å². The first-order valence-electron chi connectivity index (χ1n) is 12.3. The number of anilines is 2. The summed E-state index contributed by atoms with van der Waals surface area (Å²) < 4.78 is 0. The number of nitro groups is 1. The predicted molar refractivity (Wildman–Crippen MR) is 142 cm³/mol. The van der Waals surface area contributed by atoms with Crippen LogP contribution in [0, 0.1) is 10.1 Å². The van der Waals surface area contributed by atoms with E-state index in [-0.39, 0.29) is 41.2 Å². The number of rotatable bonds is 7. The number of unbranched alkanes of at least 4 members (excludes halogenated alkanes) is 1. The first-order chi connectivity index (χ1) is 18.5. The van der Waals surface area contributed by atoms with E-state index >= 15 is 0 Å². The van der Waals surface area contributed by atoms with Gasteiger partial charge < -0.3 is 37.8 Å². The van der Waals surface area contributed by atoms with Crippen LogP contribution in [0.15, 0.2) is 36.4 Å². The molecule has 0 spiro atoms. The lowest BCUT2D eigenvalue weighted by molar-refractivity contribution is -0.384. The van der Waals surface area contributed by atoms with Gasteiger partial charge in [0.05, 0.1) is 16.6 Å². The van der Waals surface area contributed by atoms with E-state index in [1.54, 1.807) is 0 Å². The van der Waals surface area contributed by atoms with Crippen LogP contribution in [0.1, 0.15) is 52.5 Å². The lowest BCUT2D eigenvalue weighted by Crippen LogP contribution is -2.56. The molecule has 0 fully saturated rings. The van der Waals surface area contributed by atoms with Gasteiger partial charge in [0.1, 0.15) is 12.1 Å². The van der Waals surface area contributed by atoms with E-state index in [2.05, 4.69) is 21.3 Å². The Morgan fingerprint density at radius 2 is 1.85 bits per heavy atom. The van der Waals surface area contributed by atoms with Gasteiger partial charge in [-0.3, -0.25) is 29.3 Å². The van der Waals surface area contributed by atoms with Crippen molar-refractivity contribution in [2.75, 3.05) is 17.2 Å². The van der Waals surface area contributed by atoms with Crippen LogP contribution in [0.25, 0.3) is 0 Å². The summed E-state index contributed by atoms with van der Waals surface area (Å²) >= 11 is 0. The number of fused-ring (bicyclic) bond motifs is 2. The molecule has 1 aliphatic rings. The molecule has 0 bridgehead atoms. The van der Waals surface area contributed by atoms with Crippen LogP contribution in [-0.2, 0) is 16.1 Å². The van der Waals surface area contributed by atoms with Crippen molar-refractivity contribution in [2.45, 2.75) is 50.9 Å². The third-order valence-corrected chi connectivity index (χ3v) is 6.21. The highest BCUT2D eigenvalue weighted by atomic mass is 16.6. The Labute approximate surface area is 223 Å². The number of nitro benzene ring substituents is 1. The third-order valence-electron chi connectivity index (χ3n) is 6.21. The summed E-state index contributed by atoms with van der Waals surface area (Å²) in [6.45, 7) is 1.69. The molecule has 2 aromatic carbocycles. The molecule has 4 amide bonds. The number of hydrogen-bond donors (Lipinski definition) is 7. The average molecular weight is 542 g/mol. The van der Waals surface area contributed by atoms with Gasteiger partial charge in [-0.15, -0.1) is 0 Å². The molecule has 0 aliphatic carbocycles. The maximum Gasteiger partial charge on any atom is 0.270 e. The summed E-state index contributed by atoms with van der Waals surface area (Å²) in [7, 11) is 0. The van der Waals surface area contributed by atoms with Crippen molar-refractivity contribution >= 4 is 40.7 Å². The number of aliphatic hydroxyl groups is 1. The number of hydrogen-bond acceptors (Lipinski definition) is 9. The van der Waals surface area contributed by atoms with Gasteiger partial charge in [0.2, 0.25) is 17.7 Å². The highest BCUT2D eigenvalue weighted by Gasteiger charge is 2.31. The van der Waals surface area contributed by atoms with Crippen molar-refractivity contribution in [3.8, 4) is 0 Å². The maximum atomic E-state index is 13.3. The van der Waals surface area contributed by atoms with Gasteiger partial charge in [0.25, 0.3) is 11.6 Å². The predicted octanol–water partition coefficient (Wildman–Crippen LogP) is 0.351. The molecule has 0 radical (unpaired) electrons. The van der Waals surface area contributed by atoms with Gasteiger partial charge >= 0.3 is 0 Å². The molecule has 39 heavy (non-hydrogen) atoms. The molecule has 3 atom stereocenters. The number of nitrogens with two attached hydrogens (primary N) is 2. The molecule has 14 nitrogen and oxygen atoms in total. The molecule has 208 valence electrons. The van der Waals surface area contributed by atoms with Gasteiger partial charge in [-0.05, 0) is 56.5 Å². The fraction of sp³-hybridized carbons (Fsp3) is 0.360. The van der Waals surface area contributed by atoms with Gasteiger partial charge in [0, 0.05) is 35.6 Å². The van der Waals surface area contributed by atoms with Crippen LogP contribution in [-0.4, -0.2) is 58.4 Å². The van der Waals surface area contributed by atoms with Crippen molar-refractivity contribution < 1.29 is 29.2 Å². The molecule has 0 saturated carbocycles. The summed E-state index contributed by atoms with van der Waals surface area (Å²) in [6.07, 6.45) is -0.149. The molecule has 2 aromatic rings. The van der Waals surface area contributed by atoms with E-state index in [1.807, 2.05) is 0 Å². The van der Waals surface area contributed by atoms with Crippen LogP contribution in [0.5, 0.6) is 0 Å². The number of nitrogens with one attached hydrogen (secondary N) is 4. The maximum absolute atomic E-state index is 13.3. The Hall–Kier alpha value is -4.56. The van der Waals surface area contributed by atoms with Crippen LogP contribution in [0.2, 0.25) is 0 Å². The summed E-state index contributed by atoms with van der Waals surface area (Å²) in [5, 5.41) is 32.4. The molecule has 0 aromatic heterocycles. The van der Waals surface area contributed by atoms with Crippen molar-refractivity contribution in [2.24, 2.45) is 11.5 Å². The minimum Gasteiger partial charge on any atom is -0.391 e. The zero-order valence-electron chi connectivity index (χ0n) is 21.2. The van der Waals surface area contributed by atoms with Gasteiger partial charge in [-0.2, -0.15) is 0 Å². The number of nitrogens with zero attached hydrogens (tertiary/aromatic N) is 1. The lowest BCUT2D eigenvalue weighted by Gasteiger charge is -2.26. The van der Waals surface area contributed by atoms with Crippen molar-refractivity contribution in [1.82, 2.24) is 10.6 Å². The number of carbonyl (C=O) groups excluding carboxylic acids is 4. The second-order valence-electron chi connectivity index (χ2n) is 9.10. The smallest absolute Gasteiger partial charge is 0.270 e. The standard InChI is InChI=1S/C25H31N7O7/c1-13(33)21-25(37)30-20-10-14(22(27)34)5-6-15(20)12-28-18-8-7-16(32(38)39)11-17(18)23(35)29-19(24(36)31-21)4-2-3-9-26/h5-8,10-11,13,19,21,28,33H,2-4,9,12,26H2,1H3,(H2,27,34)(H,29,35)(H,30,37)(H,31,36)/t13-,19+,21+/m1/s1. The third kappa shape index (κ3) is 7.27. The largest absolute Gasteiger partial charge is 0.391 e. The summed E-state index contributed by atoms with van der Waals surface area (Å²) in [6, 6.07) is 5.45. The van der Waals surface area contributed by atoms with Crippen LogP contribution in [0.4, 0.5) is 17.1 Å². The van der Waals surface area contributed by atoms with E-state index in [0.29, 0.717) is 24.9 Å². The fourth-order valence-corrected chi connectivity index (χ4v) is 4.05.